The zero-order valence-electron chi connectivity index (χ0n) is 11.8. The molecule has 1 heterocycles. The highest BCUT2D eigenvalue weighted by Crippen LogP contribution is 2.26. The molecule has 106 valence electrons. The summed E-state index contributed by atoms with van der Waals surface area (Å²) in [6, 6.07) is 5.50. The van der Waals surface area contributed by atoms with Gasteiger partial charge >= 0.3 is 0 Å². The van der Waals surface area contributed by atoms with Gasteiger partial charge in [-0.1, -0.05) is 29.3 Å². The van der Waals surface area contributed by atoms with Gasteiger partial charge in [0.05, 0.1) is 0 Å². The van der Waals surface area contributed by atoms with Crippen molar-refractivity contribution in [3.8, 4) is 0 Å². The van der Waals surface area contributed by atoms with Gasteiger partial charge in [-0.3, -0.25) is 0 Å². The van der Waals surface area contributed by atoms with E-state index < -0.39 is 0 Å². The van der Waals surface area contributed by atoms with E-state index in [1.165, 1.54) is 0 Å². The maximum atomic E-state index is 6.19. The van der Waals surface area contributed by atoms with E-state index in [1.54, 1.807) is 0 Å². The summed E-state index contributed by atoms with van der Waals surface area (Å²) >= 11 is 12.4. The van der Waals surface area contributed by atoms with Crippen molar-refractivity contribution in [3.63, 3.8) is 0 Å². The summed E-state index contributed by atoms with van der Waals surface area (Å²) in [6.07, 6.45) is 0.542. The number of aryl methyl sites for hydroxylation is 2. The van der Waals surface area contributed by atoms with Crippen LogP contribution in [0.1, 0.15) is 28.3 Å². The van der Waals surface area contributed by atoms with E-state index in [-0.39, 0.29) is 0 Å². The average Bonchev–Trinajstić information content (AvgIpc) is 2.38. The molecule has 0 aliphatic heterocycles. The van der Waals surface area contributed by atoms with Gasteiger partial charge in [-0.2, -0.15) is 0 Å². The zero-order valence-corrected chi connectivity index (χ0v) is 13.3. The van der Waals surface area contributed by atoms with Crippen LogP contribution in [-0.4, -0.2) is 17.0 Å². The molecule has 0 saturated carbocycles. The second-order valence-electron chi connectivity index (χ2n) is 4.70. The predicted molar refractivity (Wildman–Crippen MR) is 83.5 cm³/mol. The molecule has 0 amide bonds. The molecule has 1 aromatic heterocycles. The fourth-order valence-electron chi connectivity index (χ4n) is 2.18. The van der Waals surface area contributed by atoms with Crippen LogP contribution in [0.25, 0.3) is 0 Å². The smallest absolute Gasteiger partial charge is 0.133 e. The number of hydrogen-bond donors (Lipinski definition) is 1. The molecular formula is C15H17Cl2N3. The van der Waals surface area contributed by atoms with E-state index >= 15 is 0 Å². The van der Waals surface area contributed by atoms with Crippen LogP contribution in [0.4, 0.5) is 0 Å². The quantitative estimate of drug-likeness (QED) is 0.935. The third-order valence-electron chi connectivity index (χ3n) is 3.22. The third-order valence-corrected chi connectivity index (χ3v) is 3.93. The van der Waals surface area contributed by atoms with E-state index in [1.807, 2.05) is 39.1 Å². The van der Waals surface area contributed by atoms with Crippen LogP contribution in [-0.2, 0) is 13.0 Å². The summed E-state index contributed by atoms with van der Waals surface area (Å²) in [6.45, 7) is 4.77. The number of benzene rings is 1. The molecule has 2 aromatic rings. The minimum absolute atomic E-state index is 0.542. The Bertz CT molecular complexity index is 583. The first kappa shape index (κ1) is 15.2. The van der Waals surface area contributed by atoms with Crippen molar-refractivity contribution in [1.82, 2.24) is 15.3 Å². The zero-order chi connectivity index (χ0) is 14.7. The molecule has 0 bridgehead atoms. The molecule has 0 spiro atoms. The first-order valence-electron chi connectivity index (χ1n) is 6.43. The summed E-state index contributed by atoms with van der Waals surface area (Å²) < 4.78 is 0. The molecule has 1 N–H and O–H groups in total. The molecule has 0 unspecified atom stereocenters. The first-order chi connectivity index (χ1) is 9.52. The van der Waals surface area contributed by atoms with Gasteiger partial charge in [-0.25, -0.2) is 9.97 Å². The van der Waals surface area contributed by atoms with Crippen LogP contribution >= 0.6 is 23.2 Å². The minimum Gasteiger partial charge on any atom is -0.316 e. The summed E-state index contributed by atoms with van der Waals surface area (Å²) in [5, 5.41) is 4.43. The third kappa shape index (κ3) is 3.29. The van der Waals surface area contributed by atoms with E-state index in [2.05, 4.69) is 15.3 Å². The molecule has 5 heteroatoms. The topological polar surface area (TPSA) is 37.8 Å². The van der Waals surface area contributed by atoms with E-state index in [0.29, 0.717) is 16.5 Å². The monoisotopic (exact) mass is 309 g/mol. The Labute approximate surface area is 129 Å². The number of aromatic nitrogens is 2. The summed E-state index contributed by atoms with van der Waals surface area (Å²) in [4.78, 5) is 9.12. The molecule has 20 heavy (non-hydrogen) atoms. The van der Waals surface area contributed by atoms with Crippen LogP contribution in [0, 0.1) is 13.8 Å². The largest absolute Gasteiger partial charge is 0.316 e. The van der Waals surface area contributed by atoms with Crippen molar-refractivity contribution >= 4 is 23.2 Å². The normalized spacial score (nSPS) is 10.8. The maximum Gasteiger partial charge on any atom is 0.133 e. The van der Waals surface area contributed by atoms with Crippen molar-refractivity contribution in [2.45, 2.75) is 26.8 Å². The van der Waals surface area contributed by atoms with Crippen molar-refractivity contribution < 1.29 is 0 Å². The molecule has 0 aliphatic carbocycles. The van der Waals surface area contributed by atoms with Gasteiger partial charge in [-0.15, -0.1) is 0 Å². The van der Waals surface area contributed by atoms with Gasteiger partial charge in [-0.05, 0) is 38.6 Å². The van der Waals surface area contributed by atoms with Crippen LogP contribution in [0.15, 0.2) is 18.2 Å². The van der Waals surface area contributed by atoms with Gasteiger partial charge in [0.25, 0.3) is 0 Å². The number of nitrogens with zero attached hydrogens (tertiary/aromatic N) is 2. The molecule has 0 fully saturated rings. The van der Waals surface area contributed by atoms with Crippen LogP contribution < -0.4 is 5.32 Å². The van der Waals surface area contributed by atoms with Gasteiger partial charge in [0.2, 0.25) is 0 Å². The van der Waals surface area contributed by atoms with Crippen molar-refractivity contribution in [2.75, 3.05) is 7.05 Å². The SMILES string of the molecule is CNCc1c(C)nc(Cc2c(Cl)cccc2Cl)nc1C. The molecule has 2 rings (SSSR count). The van der Waals surface area contributed by atoms with E-state index in [9.17, 15) is 0 Å². The molecule has 1 aromatic carbocycles. The molecule has 0 radical (unpaired) electrons. The lowest BCUT2D eigenvalue weighted by Crippen LogP contribution is -2.12. The van der Waals surface area contributed by atoms with E-state index in [4.69, 9.17) is 23.2 Å². The molecular weight excluding hydrogens is 293 g/mol. The standard InChI is InChI=1S/C15H17Cl2N3/c1-9-12(8-18-3)10(2)20-15(19-9)7-11-13(16)5-4-6-14(11)17/h4-6,18H,7-8H2,1-3H3. The fraction of sp³-hybridized carbons (Fsp3) is 0.333. The average molecular weight is 310 g/mol. The van der Waals surface area contributed by atoms with Gasteiger partial charge in [0.1, 0.15) is 5.82 Å². The van der Waals surface area contributed by atoms with Crippen LogP contribution in [0.5, 0.6) is 0 Å². The Morgan fingerprint density at radius 2 is 1.55 bits per heavy atom. The second kappa shape index (κ2) is 6.53. The minimum atomic E-state index is 0.542. The Balaban J connectivity index is 2.35. The number of halogens is 2. The Kier molecular flexibility index (Phi) is 4.97. The Hall–Kier alpha value is -1.16. The first-order valence-corrected chi connectivity index (χ1v) is 7.19. The van der Waals surface area contributed by atoms with Crippen molar-refractivity contribution in [3.05, 3.63) is 56.6 Å². The lowest BCUT2D eigenvalue weighted by Gasteiger charge is -2.11. The van der Waals surface area contributed by atoms with Crippen molar-refractivity contribution in [1.29, 1.82) is 0 Å². The Morgan fingerprint density at radius 1 is 1.00 bits per heavy atom. The highest BCUT2D eigenvalue weighted by molar-refractivity contribution is 6.36. The predicted octanol–water partition coefficient (Wildman–Crippen LogP) is 3.71. The van der Waals surface area contributed by atoms with Gasteiger partial charge < -0.3 is 5.32 Å². The lowest BCUT2D eigenvalue weighted by molar-refractivity contribution is 0.773. The maximum absolute atomic E-state index is 6.19. The van der Waals surface area contributed by atoms with Gasteiger partial charge in [0.15, 0.2) is 0 Å². The van der Waals surface area contributed by atoms with Crippen LogP contribution in [0.3, 0.4) is 0 Å². The lowest BCUT2D eigenvalue weighted by atomic mass is 10.1. The summed E-state index contributed by atoms with van der Waals surface area (Å²) in [7, 11) is 1.91. The highest BCUT2D eigenvalue weighted by atomic mass is 35.5. The molecule has 0 aliphatic rings. The highest BCUT2D eigenvalue weighted by Gasteiger charge is 2.12. The summed E-state index contributed by atoms with van der Waals surface area (Å²) in [5.41, 5.74) is 3.99. The number of rotatable bonds is 4. The molecule has 3 nitrogen and oxygen atoms in total. The number of hydrogen-bond acceptors (Lipinski definition) is 3. The van der Waals surface area contributed by atoms with Gasteiger partial charge in [0, 0.05) is 40.0 Å². The van der Waals surface area contributed by atoms with Crippen LogP contribution in [0.2, 0.25) is 10.0 Å². The van der Waals surface area contributed by atoms with E-state index in [0.717, 1.165) is 34.9 Å². The number of nitrogens with one attached hydrogen (secondary N) is 1. The second-order valence-corrected chi connectivity index (χ2v) is 5.51. The fourth-order valence-corrected chi connectivity index (χ4v) is 2.71. The van der Waals surface area contributed by atoms with Crippen molar-refractivity contribution in [2.24, 2.45) is 0 Å². The summed E-state index contributed by atoms with van der Waals surface area (Å²) in [5.74, 6) is 0.745. The Morgan fingerprint density at radius 3 is 2.05 bits per heavy atom. The molecule has 0 atom stereocenters. The molecule has 0 saturated heterocycles.